The third-order valence-corrected chi connectivity index (χ3v) is 11.7. The maximum absolute atomic E-state index is 13.9. The van der Waals surface area contributed by atoms with Crippen LogP contribution in [0, 0.1) is 18.8 Å². The van der Waals surface area contributed by atoms with Crippen LogP contribution in [0.25, 0.3) is 0 Å². The molecule has 0 amide bonds. The molecule has 3 aliphatic carbocycles. The van der Waals surface area contributed by atoms with E-state index in [9.17, 15) is 43.2 Å². The summed E-state index contributed by atoms with van der Waals surface area (Å²) in [4.78, 5) is 40.4. The molecule has 0 saturated heterocycles. The zero-order chi connectivity index (χ0) is 36.3. The van der Waals surface area contributed by atoms with E-state index in [4.69, 9.17) is 13.7 Å². The maximum Gasteiger partial charge on any atom is 0.296 e. The Balaban J connectivity index is 1.31. The van der Waals surface area contributed by atoms with Crippen LogP contribution < -0.4 is 4.74 Å². The number of hydrogen-bond donors (Lipinski definition) is 4. The van der Waals surface area contributed by atoms with Gasteiger partial charge in [0, 0.05) is 29.5 Å². The Labute approximate surface area is 289 Å². The molecule has 4 unspecified atom stereocenters. The minimum absolute atomic E-state index is 0.0168. The fraction of sp³-hybridized carbons (Fsp3) is 0.432. The lowest BCUT2D eigenvalue weighted by Crippen LogP contribution is -2.46. The van der Waals surface area contributed by atoms with E-state index in [1.807, 2.05) is 13.8 Å². The summed E-state index contributed by atoms with van der Waals surface area (Å²) in [5, 5.41) is 45.9. The Hall–Kier alpha value is -4.14. The average Bonchev–Trinajstić information content (AvgIpc) is 3.06. The number of ketones is 3. The summed E-state index contributed by atoms with van der Waals surface area (Å²) in [7, 11) is -2.69. The second-order valence-electron chi connectivity index (χ2n) is 13.7. The molecule has 4 N–H and O–H groups in total. The summed E-state index contributed by atoms with van der Waals surface area (Å²) < 4.78 is 42.6. The number of aryl methyl sites for hydroxylation is 1. The number of phenolic OH excluding ortho intramolecular Hbond substituents is 2. The Morgan fingerprint density at radius 2 is 1.66 bits per heavy atom. The van der Waals surface area contributed by atoms with Gasteiger partial charge in [0.2, 0.25) is 5.78 Å². The van der Waals surface area contributed by atoms with Crippen LogP contribution >= 0.6 is 0 Å². The van der Waals surface area contributed by atoms with Gasteiger partial charge in [-0.05, 0) is 63.1 Å². The summed E-state index contributed by atoms with van der Waals surface area (Å²) in [5.74, 6) is -4.00. The van der Waals surface area contributed by atoms with Crippen LogP contribution in [0.4, 0.5) is 0 Å². The molecule has 0 spiro atoms. The number of aromatic hydroxyl groups is 2. The van der Waals surface area contributed by atoms with Crippen molar-refractivity contribution in [2.75, 3.05) is 13.7 Å². The predicted octanol–water partition coefficient (Wildman–Crippen LogP) is 4.09. The largest absolute Gasteiger partial charge is 0.507 e. The molecule has 50 heavy (non-hydrogen) atoms. The smallest absolute Gasteiger partial charge is 0.296 e. The molecule has 3 aromatic carbocycles. The first-order valence-corrected chi connectivity index (χ1v) is 17.9. The lowest BCUT2D eigenvalue weighted by atomic mass is 9.71. The molecule has 3 aromatic rings. The minimum atomic E-state index is -4.03. The van der Waals surface area contributed by atoms with Gasteiger partial charge >= 0.3 is 0 Å². The summed E-state index contributed by atoms with van der Waals surface area (Å²) in [6, 6.07) is 10.7. The summed E-state index contributed by atoms with van der Waals surface area (Å²) in [6.07, 6.45) is -2.64. The van der Waals surface area contributed by atoms with Gasteiger partial charge in [-0.2, -0.15) is 8.42 Å². The molecule has 1 fully saturated rings. The van der Waals surface area contributed by atoms with Crippen molar-refractivity contribution in [3.8, 4) is 17.2 Å². The molecule has 0 radical (unpaired) electrons. The highest BCUT2D eigenvalue weighted by atomic mass is 32.2. The zero-order valence-electron chi connectivity index (χ0n) is 28.1. The van der Waals surface area contributed by atoms with Crippen LogP contribution in [0.2, 0.25) is 0 Å². The highest BCUT2D eigenvalue weighted by Gasteiger charge is 2.49. The van der Waals surface area contributed by atoms with Gasteiger partial charge in [0.1, 0.15) is 22.8 Å². The number of carbonyl (C=O) groups excluding carboxylic acids is 3. The van der Waals surface area contributed by atoms with E-state index in [-0.39, 0.29) is 64.7 Å². The van der Waals surface area contributed by atoms with E-state index in [0.717, 1.165) is 5.56 Å². The SMILES string of the molecule is COc1cccc2c1C(=O)c1c(O)c3c(c(O)c1C2=O)C[C@@](O)(C(C)=O)C[C@@H]3OC1CC(C)C(O)C(CCOS(=O)(=O)c2ccc(C)cc2)C1. The van der Waals surface area contributed by atoms with E-state index in [1.54, 1.807) is 12.1 Å². The van der Waals surface area contributed by atoms with Gasteiger partial charge in [0.25, 0.3) is 10.1 Å². The highest BCUT2D eigenvalue weighted by molar-refractivity contribution is 7.86. The molecule has 13 heteroatoms. The molecule has 6 atom stereocenters. The quantitative estimate of drug-likeness (QED) is 0.144. The van der Waals surface area contributed by atoms with Crippen molar-refractivity contribution in [2.45, 2.75) is 81.7 Å². The number of fused-ring (bicyclic) bond motifs is 3. The second-order valence-corrected chi connectivity index (χ2v) is 15.3. The van der Waals surface area contributed by atoms with Crippen LogP contribution in [-0.4, -0.2) is 77.7 Å². The van der Waals surface area contributed by atoms with Gasteiger partial charge in [-0.1, -0.05) is 36.8 Å². The first-order chi connectivity index (χ1) is 23.6. The number of phenols is 2. The Bertz CT molecular complexity index is 1990. The molecule has 0 aromatic heterocycles. The molecule has 266 valence electrons. The van der Waals surface area contributed by atoms with Crippen molar-refractivity contribution in [3.05, 3.63) is 81.4 Å². The van der Waals surface area contributed by atoms with Gasteiger partial charge in [-0.3, -0.25) is 18.6 Å². The number of carbonyl (C=O) groups is 3. The number of Topliss-reactive ketones (excluding diaryl/α,β-unsaturated/α-hetero) is 1. The second kappa shape index (κ2) is 13.2. The van der Waals surface area contributed by atoms with Gasteiger partial charge < -0.3 is 29.9 Å². The monoisotopic (exact) mass is 708 g/mol. The molecular weight excluding hydrogens is 668 g/mol. The number of aliphatic hydroxyl groups is 2. The number of hydrogen-bond acceptors (Lipinski definition) is 12. The van der Waals surface area contributed by atoms with Gasteiger partial charge in [-0.25, -0.2) is 0 Å². The van der Waals surface area contributed by atoms with E-state index < -0.39 is 86.3 Å². The van der Waals surface area contributed by atoms with Crippen LogP contribution in [0.3, 0.4) is 0 Å². The molecule has 0 bridgehead atoms. The summed E-state index contributed by atoms with van der Waals surface area (Å²) in [6.45, 7) is 4.64. The van der Waals surface area contributed by atoms with Gasteiger partial charge in [-0.15, -0.1) is 0 Å². The first-order valence-electron chi connectivity index (χ1n) is 16.5. The normalized spacial score (nSPS) is 26.2. The molecule has 12 nitrogen and oxygen atoms in total. The average molecular weight is 709 g/mol. The van der Waals surface area contributed by atoms with Crippen molar-refractivity contribution in [1.29, 1.82) is 0 Å². The van der Waals surface area contributed by atoms with E-state index >= 15 is 0 Å². The van der Waals surface area contributed by atoms with Gasteiger partial charge in [0.05, 0.1) is 53.6 Å². The van der Waals surface area contributed by atoms with Crippen molar-refractivity contribution >= 4 is 27.5 Å². The van der Waals surface area contributed by atoms with Crippen LogP contribution in [0.15, 0.2) is 47.4 Å². The number of rotatable bonds is 9. The summed E-state index contributed by atoms with van der Waals surface area (Å²) >= 11 is 0. The first kappa shape index (κ1) is 35.7. The Morgan fingerprint density at radius 1 is 0.980 bits per heavy atom. The minimum Gasteiger partial charge on any atom is -0.507 e. The van der Waals surface area contributed by atoms with E-state index in [0.29, 0.717) is 6.42 Å². The van der Waals surface area contributed by atoms with E-state index in [1.165, 1.54) is 44.4 Å². The molecule has 6 rings (SSSR count). The highest BCUT2D eigenvalue weighted by Crippen LogP contribution is 2.53. The number of methoxy groups -OCH3 is 1. The maximum atomic E-state index is 13.9. The predicted molar refractivity (Wildman–Crippen MR) is 178 cm³/mol. The number of benzene rings is 3. The topological polar surface area (TPSA) is 194 Å². The van der Waals surface area contributed by atoms with Crippen molar-refractivity contribution in [2.24, 2.45) is 11.8 Å². The number of ether oxygens (including phenoxy) is 2. The van der Waals surface area contributed by atoms with Crippen molar-refractivity contribution < 1.29 is 56.9 Å². The molecule has 1 saturated carbocycles. The van der Waals surface area contributed by atoms with E-state index in [2.05, 4.69) is 0 Å². The zero-order valence-corrected chi connectivity index (χ0v) is 29.0. The number of aliphatic hydroxyl groups excluding tert-OH is 1. The third-order valence-electron chi connectivity index (χ3n) is 10.4. The van der Waals surface area contributed by atoms with Crippen molar-refractivity contribution in [3.63, 3.8) is 0 Å². The molecule has 0 aliphatic heterocycles. The fourth-order valence-corrected chi connectivity index (χ4v) is 8.53. The van der Waals surface area contributed by atoms with Crippen LogP contribution in [0.5, 0.6) is 17.2 Å². The molecular formula is C37H40O12S. The molecule has 3 aliphatic rings. The van der Waals surface area contributed by atoms with Crippen LogP contribution in [0.1, 0.15) is 94.2 Å². The van der Waals surface area contributed by atoms with Crippen molar-refractivity contribution in [1.82, 2.24) is 0 Å². The lowest BCUT2D eigenvalue weighted by molar-refractivity contribution is -0.148. The fourth-order valence-electron chi connectivity index (χ4n) is 7.61. The standard InChI is InChI=1S/C37H40O12S/c1-18-8-10-23(11-9-18)50(45,46)48-13-12-21-15-22(14-19(2)32(21)39)49-27-17-37(44,20(3)38)16-25-29(27)36(43)31-30(34(25)41)33(40)24-6-5-7-26(47-4)28(24)35(31)42/h5-11,19,21-22,27,32,39,41,43-44H,12-17H2,1-4H3/t19?,21?,22?,27-,32?,37-/m0/s1. The third kappa shape index (κ3) is 6.11. The van der Waals surface area contributed by atoms with Crippen LogP contribution in [-0.2, 0) is 30.3 Å². The Morgan fingerprint density at radius 3 is 2.32 bits per heavy atom. The lowest BCUT2D eigenvalue weighted by Gasteiger charge is -2.43. The molecule has 0 heterocycles. The van der Waals surface area contributed by atoms with Gasteiger partial charge in [0.15, 0.2) is 11.6 Å². The summed E-state index contributed by atoms with van der Waals surface area (Å²) in [5.41, 5.74) is -2.21. The Kier molecular flexibility index (Phi) is 9.42.